The first-order chi connectivity index (χ1) is 7.86. The van der Waals surface area contributed by atoms with Gasteiger partial charge < -0.3 is 9.72 Å². The number of methoxy groups -OCH3 is 1. The summed E-state index contributed by atoms with van der Waals surface area (Å²) < 4.78 is 6.55. The number of fused-ring (bicyclic) bond motifs is 1. The van der Waals surface area contributed by atoms with Crippen LogP contribution in [0.3, 0.4) is 0 Å². The van der Waals surface area contributed by atoms with Crippen LogP contribution in [0.1, 0.15) is 19.7 Å². The third-order valence-electron chi connectivity index (χ3n) is 2.84. The molecule has 0 aliphatic rings. The number of aryl methyl sites for hydroxylation is 1. The highest BCUT2D eigenvalue weighted by Crippen LogP contribution is 2.21. The molecule has 2 aromatic heterocycles. The van der Waals surface area contributed by atoms with Crippen molar-refractivity contribution < 1.29 is 4.74 Å². The topological polar surface area (TPSA) is 92.8 Å². The molecule has 2 rings (SSSR count). The minimum atomic E-state index is -0.651. The molecule has 0 aliphatic carbocycles. The van der Waals surface area contributed by atoms with E-state index in [0.29, 0.717) is 11.5 Å². The number of ether oxygens (including phenoxy) is 1. The maximum Gasteiger partial charge on any atom is 0.329 e. The molecule has 0 fully saturated rings. The second kappa shape index (κ2) is 3.56. The number of rotatable bonds is 2. The van der Waals surface area contributed by atoms with Crippen molar-refractivity contribution >= 4 is 11.2 Å². The molecule has 0 spiro atoms. The van der Waals surface area contributed by atoms with Gasteiger partial charge in [-0.1, -0.05) is 0 Å². The summed E-state index contributed by atoms with van der Waals surface area (Å²) in [6.07, 6.45) is 0. The van der Waals surface area contributed by atoms with Crippen molar-refractivity contribution in [3.8, 4) is 0 Å². The number of aromatic amines is 2. The van der Waals surface area contributed by atoms with Crippen LogP contribution in [-0.2, 0) is 17.4 Å². The van der Waals surface area contributed by atoms with Crippen LogP contribution in [0, 0.1) is 0 Å². The second-order valence-corrected chi connectivity index (χ2v) is 4.32. The van der Waals surface area contributed by atoms with Crippen molar-refractivity contribution in [2.45, 2.75) is 19.4 Å². The van der Waals surface area contributed by atoms with E-state index in [2.05, 4.69) is 15.0 Å². The molecular formula is C10H14N4O3. The molecule has 2 N–H and O–H groups in total. The lowest BCUT2D eigenvalue weighted by Gasteiger charge is -2.19. The zero-order chi connectivity index (χ0) is 12.8. The van der Waals surface area contributed by atoms with Gasteiger partial charge in [-0.15, -0.1) is 0 Å². The summed E-state index contributed by atoms with van der Waals surface area (Å²) in [6.45, 7) is 3.63. The predicted molar refractivity (Wildman–Crippen MR) is 62.0 cm³/mol. The zero-order valence-corrected chi connectivity index (χ0v) is 10.1. The van der Waals surface area contributed by atoms with E-state index in [0.717, 1.165) is 0 Å². The Bertz CT molecular complexity index is 677. The van der Waals surface area contributed by atoms with E-state index in [1.54, 1.807) is 14.2 Å². The Morgan fingerprint density at radius 3 is 2.53 bits per heavy atom. The average molecular weight is 238 g/mol. The van der Waals surface area contributed by atoms with Gasteiger partial charge in [-0.05, 0) is 13.8 Å². The largest absolute Gasteiger partial charge is 0.371 e. The summed E-state index contributed by atoms with van der Waals surface area (Å²) in [6, 6.07) is 0. The summed E-state index contributed by atoms with van der Waals surface area (Å²) >= 11 is 0. The third kappa shape index (κ3) is 1.68. The van der Waals surface area contributed by atoms with E-state index in [4.69, 9.17) is 4.74 Å². The van der Waals surface area contributed by atoms with Gasteiger partial charge in [0.1, 0.15) is 16.9 Å². The van der Waals surface area contributed by atoms with E-state index < -0.39 is 16.9 Å². The van der Waals surface area contributed by atoms with Crippen molar-refractivity contribution in [2.24, 2.45) is 7.05 Å². The van der Waals surface area contributed by atoms with E-state index in [-0.39, 0.29) is 5.52 Å². The van der Waals surface area contributed by atoms with Gasteiger partial charge in [0.25, 0.3) is 5.56 Å². The van der Waals surface area contributed by atoms with Gasteiger partial charge in [-0.2, -0.15) is 0 Å². The minimum absolute atomic E-state index is 0.271. The number of nitrogens with one attached hydrogen (secondary N) is 2. The molecule has 2 aromatic rings. The van der Waals surface area contributed by atoms with Crippen LogP contribution in [-0.4, -0.2) is 26.6 Å². The number of imidazole rings is 1. The smallest absolute Gasteiger partial charge is 0.329 e. The lowest BCUT2D eigenvalue weighted by Crippen LogP contribution is -2.28. The normalized spacial score (nSPS) is 12.2. The molecular weight excluding hydrogens is 224 g/mol. The summed E-state index contributed by atoms with van der Waals surface area (Å²) in [5, 5.41) is 0. The number of hydrogen-bond donors (Lipinski definition) is 2. The molecule has 0 aromatic carbocycles. The number of nitrogens with zero attached hydrogens (tertiary/aromatic N) is 2. The van der Waals surface area contributed by atoms with Crippen molar-refractivity contribution in [2.75, 3.05) is 7.11 Å². The van der Waals surface area contributed by atoms with E-state index in [1.165, 1.54) is 4.57 Å². The zero-order valence-electron chi connectivity index (χ0n) is 10.1. The van der Waals surface area contributed by atoms with Gasteiger partial charge in [0.2, 0.25) is 0 Å². The molecule has 0 aliphatic heterocycles. The molecule has 0 saturated carbocycles. The van der Waals surface area contributed by atoms with Crippen molar-refractivity contribution in [3.63, 3.8) is 0 Å². The molecule has 7 heteroatoms. The van der Waals surface area contributed by atoms with Crippen LogP contribution in [0.2, 0.25) is 0 Å². The summed E-state index contributed by atoms with van der Waals surface area (Å²) in [4.78, 5) is 32.3. The van der Waals surface area contributed by atoms with E-state index in [9.17, 15) is 9.59 Å². The van der Waals surface area contributed by atoms with Crippen molar-refractivity contribution in [1.29, 1.82) is 0 Å². The highest BCUT2D eigenvalue weighted by molar-refractivity contribution is 5.69. The van der Waals surface area contributed by atoms with Crippen LogP contribution < -0.4 is 11.2 Å². The van der Waals surface area contributed by atoms with E-state index >= 15 is 0 Å². The summed E-state index contributed by atoms with van der Waals surface area (Å²) in [7, 11) is 3.10. The van der Waals surface area contributed by atoms with Crippen LogP contribution in [0.4, 0.5) is 0 Å². The number of aromatic nitrogens is 4. The number of H-pyrrole nitrogens is 2. The fourth-order valence-electron chi connectivity index (χ4n) is 1.49. The third-order valence-corrected chi connectivity index (χ3v) is 2.84. The first kappa shape index (κ1) is 11.6. The molecule has 0 radical (unpaired) electrons. The van der Waals surface area contributed by atoms with Gasteiger partial charge in [0.05, 0.1) is 0 Å². The molecule has 0 bridgehead atoms. The van der Waals surface area contributed by atoms with Crippen molar-refractivity contribution in [3.05, 3.63) is 26.7 Å². The summed E-state index contributed by atoms with van der Waals surface area (Å²) in [5.41, 5.74) is -1.03. The van der Waals surface area contributed by atoms with Gasteiger partial charge >= 0.3 is 5.69 Å². The maximum atomic E-state index is 11.6. The highest BCUT2D eigenvalue weighted by atomic mass is 16.5. The fraction of sp³-hybridized carbons (Fsp3) is 0.500. The Balaban J connectivity index is 2.83. The van der Waals surface area contributed by atoms with Gasteiger partial charge in [0, 0.05) is 14.2 Å². The van der Waals surface area contributed by atoms with Gasteiger partial charge in [-0.3, -0.25) is 14.3 Å². The Morgan fingerprint density at radius 2 is 1.94 bits per heavy atom. The molecule has 7 nitrogen and oxygen atoms in total. The molecule has 0 amide bonds. The van der Waals surface area contributed by atoms with Gasteiger partial charge in [-0.25, -0.2) is 9.78 Å². The molecule has 0 unspecified atom stereocenters. The Kier molecular flexibility index (Phi) is 2.43. The van der Waals surface area contributed by atoms with Crippen LogP contribution in [0.25, 0.3) is 11.2 Å². The first-order valence-electron chi connectivity index (χ1n) is 5.11. The lowest BCUT2D eigenvalue weighted by molar-refractivity contribution is 0.0124. The monoisotopic (exact) mass is 238 g/mol. The lowest BCUT2D eigenvalue weighted by atomic mass is 10.1. The van der Waals surface area contributed by atoms with Crippen molar-refractivity contribution in [1.82, 2.24) is 19.5 Å². The summed E-state index contributed by atoms with van der Waals surface area (Å²) in [5.74, 6) is 0.502. The van der Waals surface area contributed by atoms with Crippen LogP contribution >= 0.6 is 0 Å². The fourth-order valence-corrected chi connectivity index (χ4v) is 1.49. The molecule has 0 atom stereocenters. The quantitative estimate of drug-likeness (QED) is 0.759. The molecule has 17 heavy (non-hydrogen) atoms. The molecule has 0 saturated heterocycles. The average Bonchev–Trinajstić information content (AvgIpc) is 2.72. The van der Waals surface area contributed by atoms with Gasteiger partial charge in [0.15, 0.2) is 5.65 Å². The maximum absolute atomic E-state index is 11.6. The van der Waals surface area contributed by atoms with Crippen LogP contribution in [0.15, 0.2) is 9.59 Å². The van der Waals surface area contributed by atoms with E-state index in [1.807, 2.05) is 13.8 Å². The predicted octanol–water partition coefficient (Wildman–Crippen LogP) is -0.169. The standard InChI is InChI=1S/C10H14N4O3/c1-10(2,17-4)8-11-5-6(12-8)14(3)9(16)13-7(5)15/h1-4H3,(H,11,12)(H,13,15,16). The number of hydrogen-bond acceptors (Lipinski definition) is 4. The molecule has 92 valence electrons. The highest BCUT2D eigenvalue weighted by Gasteiger charge is 2.25. The SMILES string of the molecule is COC(C)(C)c1nc2c([nH]1)c(=O)[nH]c(=O)n2C. The van der Waals surface area contributed by atoms with Crippen LogP contribution in [0.5, 0.6) is 0 Å². The molecule has 2 heterocycles. The first-order valence-corrected chi connectivity index (χ1v) is 5.11. The minimum Gasteiger partial charge on any atom is -0.371 e. The Hall–Kier alpha value is -1.89. The second-order valence-electron chi connectivity index (χ2n) is 4.32. The Morgan fingerprint density at radius 1 is 1.29 bits per heavy atom. The Labute approximate surface area is 96.5 Å².